The van der Waals surface area contributed by atoms with Crippen LogP contribution in [0.3, 0.4) is 0 Å². The lowest BCUT2D eigenvalue weighted by molar-refractivity contribution is 0.140. The summed E-state index contributed by atoms with van der Waals surface area (Å²) in [6.07, 6.45) is 1.01. The van der Waals surface area contributed by atoms with Crippen molar-refractivity contribution in [3.05, 3.63) is 25.2 Å². The predicted octanol–water partition coefficient (Wildman–Crippen LogP) is 0.370. The van der Waals surface area contributed by atoms with Gasteiger partial charge in [-0.1, -0.05) is 13.2 Å². The highest BCUT2D eigenvalue weighted by Crippen LogP contribution is 2.04. The average Bonchev–Trinajstić information content (AvgIpc) is 1.89. The fourth-order valence-electron chi connectivity index (χ4n) is 0.504. The molecule has 0 aromatic heterocycles. The molecule has 0 aliphatic heterocycles. The van der Waals surface area contributed by atoms with Crippen LogP contribution in [0.15, 0.2) is 25.2 Å². The van der Waals surface area contributed by atoms with Crippen LogP contribution in [-0.4, -0.2) is 17.8 Å². The molecule has 58 valence electrons. The Morgan fingerprint density at radius 2 is 2.40 bits per heavy atom. The lowest BCUT2D eigenvalue weighted by Crippen LogP contribution is -2.15. The van der Waals surface area contributed by atoms with Crippen LogP contribution >= 0.6 is 0 Å². The van der Waals surface area contributed by atoms with Gasteiger partial charge in [-0.2, -0.15) is 0 Å². The van der Waals surface area contributed by atoms with Crippen LogP contribution in [0.1, 0.15) is 6.42 Å². The van der Waals surface area contributed by atoms with Crippen LogP contribution in [0.5, 0.6) is 0 Å². The minimum Gasteiger partial charge on any atom is -0.468 e. The summed E-state index contributed by atoms with van der Waals surface area (Å²) in [4.78, 5) is 0. The van der Waals surface area contributed by atoms with Gasteiger partial charge in [0, 0.05) is 0 Å². The van der Waals surface area contributed by atoms with Crippen molar-refractivity contribution in [2.75, 3.05) is 6.54 Å². The van der Waals surface area contributed by atoms with E-state index in [9.17, 15) is 0 Å². The van der Waals surface area contributed by atoms with Gasteiger partial charge >= 0.3 is 0 Å². The van der Waals surface area contributed by atoms with Gasteiger partial charge in [0.15, 0.2) is 0 Å². The number of ether oxygens (including phenoxy) is 1. The lowest BCUT2D eigenvalue weighted by Gasteiger charge is -2.10. The van der Waals surface area contributed by atoms with E-state index in [4.69, 9.17) is 15.6 Å². The van der Waals surface area contributed by atoms with Crippen molar-refractivity contribution in [1.29, 1.82) is 0 Å². The van der Waals surface area contributed by atoms with Gasteiger partial charge in [-0.3, -0.25) is 0 Å². The van der Waals surface area contributed by atoms with E-state index < -0.39 is 6.10 Å². The molecule has 0 bridgehead atoms. The SMILES string of the molecule is C=COC(=C)C(O)CCN. The first-order chi connectivity index (χ1) is 4.72. The summed E-state index contributed by atoms with van der Waals surface area (Å²) in [5, 5.41) is 9.10. The number of rotatable bonds is 5. The highest BCUT2D eigenvalue weighted by Gasteiger charge is 2.06. The summed E-state index contributed by atoms with van der Waals surface area (Å²) in [6.45, 7) is 7.20. The summed E-state index contributed by atoms with van der Waals surface area (Å²) < 4.78 is 4.72. The average molecular weight is 143 g/mol. The molecule has 0 rings (SSSR count). The molecule has 0 aliphatic rings. The molecule has 0 amide bonds. The second-order valence-electron chi connectivity index (χ2n) is 1.84. The Hall–Kier alpha value is -0.800. The Morgan fingerprint density at radius 3 is 2.80 bits per heavy atom. The number of nitrogens with two attached hydrogens (primary N) is 1. The molecule has 0 radical (unpaired) electrons. The summed E-state index contributed by atoms with van der Waals surface area (Å²) in [5.41, 5.74) is 5.18. The van der Waals surface area contributed by atoms with E-state index in [1.165, 1.54) is 6.26 Å². The van der Waals surface area contributed by atoms with Gasteiger partial charge in [-0.25, -0.2) is 0 Å². The van der Waals surface area contributed by atoms with Gasteiger partial charge in [0.2, 0.25) is 0 Å². The van der Waals surface area contributed by atoms with Crippen LogP contribution < -0.4 is 5.73 Å². The maximum atomic E-state index is 9.10. The molecule has 3 nitrogen and oxygen atoms in total. The van der Waals surface area contributed by atoms with Gasteiger partial charge in [0.25, 0.3) is 0 Å². The zero-order valence-electron chi connectivity index (χ0n) is 5.92. The molecule has 0 saturated carbocycles. The number of aliphatic hydroxyl groups excluding tert-OH is 1. The minimum atomic E-state index is -0.678. The number of aliphatic hydroxyl groups is 1. The molecule has 1 unspecified atom stereocenters. The first kappa shape index (κ1) is 9.20. The summed E-state index contributed by atoms with van der Waals surface area (Å²) >= 11 is 0. The third kappa shape index (κ3) is 3.27. The molecule has 0 aliphatic carbocycles. The Morgan fingerprint density at radius 1 is 1.80 bits per heavy atom. The second-order valence-corrected chi connectivity index (χ2v) is 1.84. The van der Waals surface area contributed by atoms with Gasteiger partial charge in [0.05, 0.1) is 6.26 Å². The highest BCUT2D eigenvalue weighted by molar-refractivity contribution is 4.93. The van der Waals surface area contributed by atoms with Crippen molar-refractivity contribution in [3.63, 3.8) is 0 Å². The zero-order chi connectivity index (χ0) is 7.98. The third-order valence-corrected chi connectivity index (χ3v) is 1.05. The third-order valence-electron chi connectivity index (χ3n) is 1.05. The van der Waals surface area contributed by atoms with Crippen LogP contribution in [-0.2, 0) is 4.74 Å². The topological polar surface area (TPSA) is 55.5 Å². The van der Waals surface area contributed by atoms with E-state index >= 15 is 0 Å². The van der Waals surface area contributed by atoms with E-state index in [0.717, 1.165) is 0 Å². The van der Waals surface area contributed by atoms with E-state index in [0.29, 0.717) is 18.7 Å². The molecule has 3 heteroatoms. The van der Waals surface area contributed by atoms with Crippen molar-refractivity contribution < 1.29 is 9.84 Å². The van der Waals surface area contributed by atoms with Crippen molar-refractivity contribution in [2.24, 2.45) is 5.73 Å². The molecule has 0 fully saturated rings. The molecule has 10 heavy (non-hydrogen) atoms. The predicted molar refractivity (Wildman–Crippen MR) is 40.1 cm³/mol. The van der Waals surface area contributed by atoms with E-state index in [2.05, 4.69) is 13.2 Å². The molecule has 0 aromatic carbocycles. The van der Waals surface area contributed by atoms with Crippen molar-refractivity contribution in [1.82, 2.24) is 0 Å². The van der Waals surface area contributed by atoms with Gasteiger partial charge in [-0.15, -0.1) is 0 Å². The van der Waals surface area contributed by atoms with Gasteiger partial charge in [-0.05, 0) is 13.0 Å². The van der Waals surface area contributed by atoms with E-state index in [-0.39, 0.29) is 0 Å². The molecular formula is C7H13NO2. The molecule has 0 saturated heterocycles. The number of hydrogen-bond donors (Lipinski definition) is 2. The maximum absolute atomic E-state index is 9.10. The molecular weight excluding hydrogens is 130 g/mol. The highest BCUT2D eigenvalue weighted by atomic mass is 16.5. The first-order valence-electron chi connectivity index (χ1n) is 3.06. The van der Waals surface area contributed by atoms with E-state index in [1.54, 1.807) is 0 Å². The van der Waals surface area contributed by atoms with Crippen molar-refractivity contribution >= 4 is 0 Å². The quantitative estimate of drug-likeness (QED) is 0.547. The summed E-state index contributed by atoms with van der Waals surface area (Å²) in [5.74, 6) is 0.292. The van der Waals surface area contributed by atoms with E-state index in [1.807, 2.05) is 0 Å². The summed E-state index contributed by atoms with van der Waals surface area (Å²) in [7, 11) is 0. The van der Waals surface area contributed by atoms with Crippen LogP contribution in [0, 0.1) is 0 Å². The van der Waals surface area contributed by atoms with Crippen LogP contribution in [0.4, 0.5) is 0 Å². The molecule has 0 spiro atoms. The molecule has 0 aromatic rings. The number of hydrogen-bond acceptors (Lipinski definition) is 3. The fourth-order valence-corrected chi connectivity index (χ4v) is 0.504. The van der Waals surface area contributed by atoms with Crippen LogP contribution in [0.2, 0.25) is 0 Å². The summed E-state index contributed by atoms with van der Waals surface area (Å²) in [6, 6.07) is 0. The second kappa shape index (κ2) is 5.02. The Bertz CT molecular complexity index is 123. The van der Waals surface area contributed by atoms with Gasteiger partial charge in [0.1, 0.15) is 11.9 Å². The van der Waals surface area contributed by atoms with Crippen molar-refractivity contribution in [3.8, 4) is 0 Å². The smallest absolute Gasteiger partial charge is 0.125 e. The van der Waals surface area contributed by atoms with Gasteiger partial charge < -0.3 is 15.6 Å². The standard InChI is InChI=1S/C7H13NO2/c1-3-10-6(2)7(9)4-5-8/h3,7,9H,1-2,4-5,8H2. The molecule has 1 atom stereocenters. The lowest BCUT2D eigenvalue weighted by atomic mass is 10.2. The van der Waals surface area contributed by atoms with Crippen molar-refractivity contribution in [2.45, 2.75) is 12.5 Å². The molecule has 3 N–H and O–H groups in total. The molecule has 0 heterocycles. The Kier molecular flexibility index (Phi) is 4.62. The normalized spacial score (nSPS) is 12.2. The first-order valence-corrected chi connectivity index (χ1v) is 3.06. The van der Waals surface area contributed by atoms with Crippen LogP contribution in [0.25, 0.3) is 0 Å². The maximum Gasteiger partial charge on any atom is 0.125 e. The Labute approximate surface area is 60.8 Å². The monoisotopic (exact) mass is 143 g/mol. The zero-order valence-corrected chi connectivity index (χ0v) is 5.92. The fraction of sp³-hybridized carbons (Fsp3) is 0.429. The Balaban J connectivity index is 3.58. The largest absolute Gasteiger partial charge is 0.468 e. The minimum absolute atomic E-state index is 0.292.